The molecule has 0 radical (unpaired) electrons. The summed E-state index contributed by atoms with van der Waals surface area (Å²) in [5.41, 5.74) is 8.83. The Bertz CT molecular complexity index is 287. The molecule has 0 amide bonds. The fourth-order valence-corrected chi connectivity index (χ4v) is 1.91. The molecule has 1 aromatic carbocycles. The van der Waals surface area contributed by atoms with E-state index in [-0.39, 0.29) is 6.04 Å². The first-order valence-corrected chi connectivity index (χ1v) is 6.50. The Balaban J connectivity index is 2.52. The maximum absolute atomic E-state index is 6.16. The molecule has 0 saturated carbocycles. The third kappa shape index (κ3) is 3.97. The van der Waals surface area contributed by atoms with Crippen LogP contribution >= 0.6 is 0 Å². The monoisotopic (exact) mass is 219 g/mol. The molecular formula is C15H25N. The summed E-state index contributed by atoms with van der Waals surface area (Å²) >= 11 is 0. The molecular weight excluding hydrogens is 194 g/mol. The van der Waals surface area contributed by atoms with E-state index >= 15 is 0 Å². The Morgan fingerprint density at radius 1 is 1.00 bits per heavy atom. The van der Waals surface area contributed by atoms with Crippen LogP contribution in [-0.4, -0.2) is 0 Å². The van der Waals surface area contributed by atoms with Crippen molar-refractivity contribution >= 4 is 0 Å². The summed E-state index contributed by atoms with van der Waals surface area (Å²) in [6.45, 7) is 6.66. The zero-order valence-electron chi connectivity index (χ0n) is 10.9. The molecule has 1 atom stereocenters. The summed E-state index contributed by atoms with van der Waals surface area (Å²) in [4.78, 5) is 0. The van der Waals surface area contributed by atoms with Gasteiger partial charge in [-0.2, -0.15) is 0 Å². The first kappa shape index (κ1) is 13.2. The normalized spacial score (nSPS) is 13.1. The van der Waals surface area contributed by atoms with Crippen molar-refractivity contribution in [1.82, 2.24) is 0 Å². The molecule has 0 aromatic heterocycles. The van der Waals surface area contributed by atoms with Crippen molar-refractivity contribution in [3.63, 3.8) is 0 Å². The van der Waals surface area contributed by atoms with Crippen molar-refractivity contribution in [2.75, 3.05) is 0 Å². The molecule has 1 rings (SSSR count). The third-order valence-electron chi connectivity index (χ3n) is 3.15. The predicted molar refractivity (Wildman–Crippen MR) is 71.6 cm³/mol. The molecule has 1 nitrogen and oxygen atoms in total. The maximum atomic E-state index is 6.16. The lowest BCUT2D eigenvalue weighted by Gasteiger charge is -2.13. The van der Waals surface area contributed by atoms with Crippen molar-refractivity contribution in [2.24, 2.45) is 5.73 Å². The lowest BCUT2D eigenvalue weighted by atomic mass is 9.97. The van der Waals surface area contributed by atoms with Gasteiger partial charge in [-0.3, -0.25) is 0 Å². The number of unbranched alkanes of at least 4 members (excludes halogenated alkanes) is 2. The van der Waals surface area contributed by atoms with Gasteiger partial charge in [0.05, 0.1) is 0 Å². The van der Waals surface area contributed by atoms with Crippen LogP contribution in [0, 0.1) is 0 Å². The molecule has 0 heterocycles. The van der Waals surface area contributed by atoms with Crippen molar-refractivity contribution in [3.8, 4) is 0 Å². The summed E-state index contributed by atoms with van der Waals surface area (Å²) in [7, 11) is 0. The Labute approximate surface area is 100 Å². The molecule has 0 aliphatic carbocycles. The second kappa shape index (κ2) is 6.70. The van der Waals surface area contributed by atoms with Crippen LogP contribution in [0.2, 0.25) is 0 Å². The number of rotatable bonds is 6. The first-order chi connectivity index (χ1) is 7.65. The van der Waals surface area contributed by atoms with Crippen LogP contribution in [0.1, 0.15) is 69.5 Å². The van der Waals surface area contributed by atoms with Crippen LogP contribution in [0.15, 0.2) is 24.3 Å². The van der Waals surface area contributed by atoms with Crippen molar-refractivity contribution in [1.29, 1.82) is 0 Å². The molecule has 0 aliphatic rings. The summed E-state index contributed by atoms with van der Waals surface area (Å²) in [5.74, 6) is 0.602. The Hall–Kier alpha value is -0.820. The average molecular weight is 219 g/mol. The van der Waals surface area contributed by atoms with E-state index in [1.165, 1.54) is 30.4 Å². The molecule has 0 saturated heterocycles. The van der Waals surface area contributed by atoms with E-state index in [9.17, 15) is 0 Å². The largest absolute Gasteiger partial charge is 0.324 e. The molecule has 1 heteroatoms. The lowest BCUT2D eigenvalue weighted by molar-refractivity contribution is 0.581. The molecule has 0 unspecified atom stereocenters. The first-order valence-electron chi connectivity index (χ1n) is 6.50. The summed E-state index contributed by atoms with van der Waals surface area (Å²) < 4.78 is 0. The molecule has 0 fully saturated rings. The van der Waals surface area contributed by atoms with E-state index in [4.69, 9.17) is 5.73 Å². The minimum absolute atomic E-state index is 0.216. The van der Waals surface area contributed by atoms with Gasteiger partial charge in [0, 0.05) is 6.04 Å². The van der Waals surface area contributed by atoms with Gasteiger partial charge in [0.15, 0.2) is 0 Å². The zero-order chi connectivity index (χ0) is 12.0. The highest BCUT2D eigenvalue weighted by molar-refractivity contribution is 5.26. The number of hydrogen-bond acceptors (Lipinski definition) is 1. The Kier molecular flexibility index (Phi) is 5.54. The van der Waals surface area contributed by atoms with Crippen LogP contribution in [0.5, 0.6) is 0 Å². The van der Waals surface area contributed by atoms with Crippen molar-refractivity contribution < 1.29 is 0 Å². The second-order valence-electron chi connectivity index (χ2n) is 4.92. The highest BCUT2D eigenvalue weighted by Crippen LogP contribution is 2.20. The zero-order valence-corrected chi connectivity index (χ0v) is 10.9. The highest BCUT2D eigenvalue weighted by Gasteiger charge is 2.06. The van der Waals surface area contributed by atoms with Crippen molar-refractivity contribution in [2.45, 2.75) is 58.4 Å². The van der Waals surface area contributed by atoms with Gasteiger partial charge in [-0.15, -0.1) is 0 Å². The molecule has 0 spiro atoms. The second-order valence-corrected chi connectivity index (χ2v) is 4.92. The van der Waals surface area contributed by atoms with Gasteiger partial charge in [-0.1, -0.05) is 64.3 Å². The molecule has 2 N–H and O–H groups in total. The average Bonchev–Trinajstić information content (AvgIpc) is 2.29. The smallest absolute Gasteiger partial charge is 0.0294 e. The fourth-order valence-electron chi connectivity index (χ4n) is 1.91. The quantitative estimate of drug-likeness (QED) is 0.705. The van der Waals surface area contributed by atoms with Gasteiger partial charge in [0.1, 0.15) is 0 Å². The maximum Gasteiger partial charge on any atom is 0.0294 e. The summed E-state index contributed by atoms with van der Waals surface area (Å²) in [5, 5.41) is 0. The fraction of sp³-hybridized carbons (Fsp3) is 0.600. The molecule has 0 aliphatic heterocycles. The lowest BCUT2D eigenvalue weighted by Crippen LogP contribution is -2.10. The predicted octanol–water partition coefficient (Wildman–Crippen LogP) is 4.39. The van der Waals surface area contributed by atoms with Gasteiger partial charge < -0.3 is 5.73 Å². The minimum atomic E-state index is 0.216. The van der Waals surface area contributed by atoms with E-state index in [1.807, 2.05) is 0 Å². The highest BCUT2D eigenvalue weighted by atomic mass is 14.6. The van der Waals surface area contributed by atoms with Gasteiger partial charge in [-0.25, -0.2) is 0 Å². The van der Waals surface area contributed by atoms with Crippen molar-refractivity contribution in [3.05, 3.63) is 35.4 Å². The van der Waals surface area contributed by atoms with Crippen LogP contribution in [0.3, 0.4) is 0 Å². The SMILES string of the molecule is CCCCC[C@H](N)c1ccc(C(C)C)cc1. The van der Waals surface area contributed by atoms with Gasteiger partial charge in [0.25, 0.3) is 0 Å². The van der Waals surface area contributed by atoms with Crippen LogP contribution in [0.4, 0.5) is 0 Å². The van der Waals surface area contributed by atoms with Crippen LogP contribution in [-0.2, 0) is 0 Å². The number of benzene rings is 1. The topological polar surface area (TPSA) is 26.0 Å². The number of nitrogens with two attached hydrogens (primary N) is 1. The van der Waals surface area contributed by atoms with Crippen LogP contribution < -0.4 is 5.73 Å². The molecule has 1 aromatic rings. The van der Waals surface area contributed by atoms with E-state index in [2.05, 4.69) is 45.0 Å². The Morgan fingerprint density at radius 3 is 2.06 bits per heavy atom. The number of hydrogen-bond donors (Lipinski definition) is 1. The molecule has 16 heavy (non-hydrogen) atoms. The Morgan fingerprint density at radius 2 is 1.56 bits per heavy atom. The van der Waals surface area contributed by atoms with E-state index < -0.39 is 0 Å². The van der Waals surface area contributed by atoms with Gasteiger partial charge in [-0.05, 0) is 23.5 Å². The van der Waals surface area contributed by atoms with E-state index in [1.54, 1.807) is 0 Å². The van der Waals surface area contributed by atoms with Crippen LogP contribution in [0.25, 0.3) is 0 Å². The summed E-state index contributed by atoms with van der Waals surface area (Å²) in [6.07, 6.45) is 4.90. The van der Waals surface area contributed by atoms with Gasteiger partial charge in [0.2, 0.25) is 0 Å². The van der Waals surface area contributed by atoms with Gasteiger partial charge >= 0.3 is 0 Å². The van der Waals surface area contributed by atoms with E-state index in [0.29, 0.717) is 5.92 Å². The molecule has 0 bridgehead atoms. The molecule has 90 valence electrons. The standard InChI is InChI=1S/C15H25N/c1-4-5-6-7-15(16)14-10-8-13(9-11-14)12(2)3/h8-12,15H,4-7,16H2,1-3H3/t15-/m0/s1. The summed E-state index contributed by atoms with van der Waals surface area (Å²) in [6, 6.07) is 9.00. The minimum Gasteiger partial charge on any atom is -0.324 e. The third-order valence-corrected chi connectivity index (χ3v) is 3.15. The van der Waals surface area contributed by atoms with E-state index in [0.717, 1.165) is 6.42 Å².